The fourth-order valence-corrected chi connectivity index (χ4v) is 4.08. The van der Waals surface area contributed by atoms with Gasteiger partial charge in [-0.1, -0.05) is 17.7 Å². The van der Waals surface area contributed by atoms with Crippen LogP contribution in [0.25, 0.3) is 0 Å². The summed E-state index contributed by atoms with van der Waals surface area (Å²) < 4.78 is 22.8. The summed E-state index contributed by atoms with van der Waals surface area (Å²) in [5.74, 6) is 0. The summed E-state index contributed by atoms with van der Waals surface area (Å²) in [6.07, 6.45) is 0. The summed E-state index contributed by atoms with van der Waals surface area (Å²) in [6, 6.07) is 7.57. The molecule has 0 spiro atoms. The zero-order chi connectivity index (χ0) is 14.8. The SMILES string of the molecule is Cc1ccc(S(O)(O)N2CCN(CCO)C(C)C2)cc1. The molecule has 0 bridgehead atoms. The number of hydrogen-bond acceptors (Lipinski definition) is 5. The van der Waals surface area contributed by atoms with E-state index in [9.17, 15) is 9.11 Å². The van der Waals surface area contributed by atoms with Gasteiger partial charge in [-0.3, -0.25) is 14.0 Å². The Bertz CT molecular complexity index is 439. The molecular weight excluding hydrogens is 276 g/mol. The molecule has 2 rings (SSSR count). The maximum atomic E-state index is 10.5. The van der Waals surface area contributed by atoms with E-state index in [0.717, 1.165) is 12.1 Å². The van der Waals surface area contributed by atoms with Crippen molar-refractivity contribution in [3.8, 4) is 0 Å². The third-order valence-electron chi connectivity index (χ3n) is 3.81. The highest BCUT2D eigenvalue weighted by Crippen LogP contribution is 2.52. The second-order valence-electron chi connectivity index (χ2n) is 5.33. The second-order valence-corrected chi connectivity index (χ2v) is 7.35. The molecule has 0 aliphatic carbocycles. The lowest BCUT2D eigenvalue weighted by atomic mass is 10.2. The van der Waals surface area contributed by atoms with Gasteiger partial charge in [0, 0.05) is 32.2 Å². The molecular formula is C14H24N2O3S. The zero-order valence-corrected chi connectivity index (χ0v) is 12.9. The van der Waals surface area contributed by atoms with Crippen molar-refractivity contribution >= 4 is 10.8 Å². The number of piperazine rings is 1. The van der Waals surface area contributed by atoms with Crippen LogP contribution in [0.1, 0.15) is 12.5 Å². The monoisotopic (exact) mass is 300 g/mol. The fraction of sp³-hybridized carbons (Fsp3) is 0.571. The number of rotatable bonds is 4. The highest BCUT2D eigenvalue weighted by molar-refractivity contribution is 8.22. The second kappa shape index (κ2) is 6.43. The maximum absolute atomic E-state index is 10.5. The van der Waals surface area contributed by atoms with Crippen LogP contribution in [0.15, 0.2) is 29.2 Å². The molecule has 1 fully saturated rings. The van der Waals surface area contributed by atoms with Gasteiger partial charge in [-0.15, -0.1) is 10.8 Å². The van der Waals surface area contributed by atoms with E-state index in [-0.39, 0.29) is 12.6 Å². The van der Waals surface area contributed by atoms with Crippen LogP contribution >= 0.6 is 10.8 Å². The van der Waals surface area contributed by atoms with Crippen molar-refractivity contribution in [2.24, 2.45) is 0 Å². The Kier molecular flexibility index (Phi) is 5.06. The van der Waals surface area contributed by atoms with Crippen LogP contribution in [-0.4, -0.2) is 62.2 Å². The van der Waals surface area contributed by atoms with Gasteiger partial charge in [0.2, 0.25) is 0 Å². The number of aliphatic hydroxyl groups excluding tert-OH is 1. The van der Waals surface area contributed by atoms with Crippen molar-refractivity contribution in [1.29, 1.82) is 0 Å². The predicted octanol–water partition coefficient (Wildman–Crippen LogP) is 2.02. The minimum Gasteiger partial charge on any atom is -0.395 e. The molecule has 114 valence electrons. The summed E-state index contributed by atoms with van der Waals surface area (Å²) in [7, 11) is -2.91. The molecule has 0 amide bonds. The predicted molar refractivity (Wildman–Crippen MR) is 82.0 cm³/mol. The van der Waals surface area contributed by atoms with Crippen molar-refractivity contribution in [3.63, 3.8) is 0 Å². The lowest BCUT2D eigenvalue weighted by Gasteiger charge is -2.49. The van der Waals surface area contributed by atoms with E-state index in [1.807, 2.05) is 26.0 Å². The van der Waals surface area contributed by atoms with Crippen LogP contribution in [0.2, 0.25) is 0 Å². The van der Waals surface area contributed by atoms with Gasteiger partial charge in [-0.25, -0.2) is 0 Å². The molecule has 0 saturated carbocycles. The molecule has 1 aromatic rings. The number of benzene rings is 1. The summed E-state index contributed by atoms with van der Waals surface area (Å²) >= 11 is 0. The first-order chi connectivity index (χ1) is 9.45. The molecule has 1 aromatic carbocycles. The van der Waals surface area contributed by atoms with Crippen LogP contribution in [-0.2, 0) is 0 Å². The summed E-state index contributed by atoms with van der Waals surface area (Å²) in [5.41, 5.74) is 1.10. The van der Waals surface area contributed by atoms with Crippen LogP contribution in [0.5, 0.6) is 0 Å². The first-order valence-corrected chi connectivity index (χ1v) is 8.40. The van der Waals surface area contributed by atoms with Crippen molar-refractivity contribution in [2.45, 2.75) is 24.8 Å². The highest BCUT2D eigenvalue weighted by atomic mass is 32.3. The van der Waals surface area contributed by atoms with Crippen LogP contribution in [0.3, 0.4) is 0 Å². The minimum atomic E-state index is -2.91. The molecule has 1 atom stereocenters. The topological polar surface area (TPSA) is 67.2 Å². The molecule has 5 nitrogen and oxygen atoms in total. The van der Waals surface area contributed by atoms with E-state index >= 15 is 0 Å². The highest BCUT2D eigenvalue weighted by Gasteiger charge is 2.32. The van der Waals surface area contributed by atoms with Crippen molar-refractivity contribution in [2.75, 3.05) is 32.8 Å². The lowest BCUT2D eigenvalue weighted by Crippen LogP contribution is -2.52. The van der Waals surface area contributed by atoms with E-state index in [0.29, 0.717) is 24.5 Å². The summed E-state index contributed by atoms with van der Waals surface area (Å²) in [4.78, 5) is 2.74. The number of aliphatic hydroxyl groups is 1. The average Bonchev–Trinajstić information content (AvgIpc) is 2.41. The molecule has 0 radical (unpaired) electrons. The van der Waals surface area contributed by atoms with Gasteiger partial charge in [-0.05, 0) is 26.0 Å². The largest absolute Gasteiger partial charge is 0.395 e. The van der Waals surface area contributed by atoms with Gasteiger partial charge < -0.3 is 5.11 Å². The minimum absolute atomic E-state index is 0.137. The summed E-state index contributed by atoms with van der Waals surface area (Å²) in [5, 5.41) is 9.02. The van der Waals surface area contributed by atoms with E-state index in [2.05, 4.69) is 4.90 Å². The van der Waals surface area contributed by atoms with E-state index in [4.69, 9.17) is 5.11 Å². The Balaban J connectivity index is 2.09. The maximum Gasteiger partial charge on any atom is 0.0752 e. The molecule has 1 saturated heterocycles. The van der Waals surface area contributed by atoms with Crippen LogP contribution in [0.4, 0.5) is 0 Å². The third-order valence-corrected chi connectivity index (χ3v) is 5.77. The van der Waals surface area contributed by atoms with E-state index in [1.54, 1.807) is 16.4 Å². The molecule has 1 aliphatic heterocycles. The Hall–Kier alpha value is -0.630. The van der Waals surface area contributed by atoms with Crippen LogP contribution < -0.4 is 0 Å². The summed E-state index contributed by atoms with van der Waals surface area (Å²) in [6.45, 7) is 6.73. The van der Waals surface area contributed by atoms with Crippen LogP contribution in [0, 0.1) is 6.92 Å². The molecule has 20 heavy (non-hydrogen) atoms. The average molecular weight is 300 g/mol. The first kappa shape index (κ1) is 15.8. The number of β-amino-alcohol motifs (C(OH)–C–C–N with tert-alkyl or cyclic N) is 1. The Morgan fingerprint density at radius 1 is 1.20 bits per heavy atom. The van der Waals surface area contributed by atoms with Crippen molar-refractivity contribution < 1.29 is 14.2 Å². The van der Waals surface area contributed by atoms with Gasteiger partial charge in [0.15, 0.2) is 0 Å². The van der Waals surface area contributed by atoms with Crippen molar-refractivity contribution in [1.82, 2.24) is 9.21 Å². The number of nitrogens with zero attached hydrogens (tertiary/aromatic N) is 2. The third kappa shape index (κ3) is 3.33. The Labute approximate surface area is 122 Å². The van der Waals surface area contributed by atoms with Crippen molar-refractivity contribution in [3.05, 3.63) is 29.8 Å². The molecule has 6 heteroatoms. The number of hydrogen-bond donors (Lipinski definition) is 3. The lowest BCUT2D eigenvalue weighted by molar-refractivity contribution is 0.0997. The molecule has 1 aliphatic rings. The number of aryl methyl sites for hydroxylation is 1. The Morgan fingerprint density at radius 3 is 2.40 bits per heavy atom. The Morgan fingerprint density at radius 2 is 1.85 bits per heavy atom. The smallest absolute Gasteiger partial charge is 0.0752 e. The standard InChI is InChI=1S/C14H24N2O3S/c1-12-3-5-14(6-4-12)20(18,19)16-8-7-15(9-10-17)13(2)11-16/h3-6,13,17-19H,7-11H2,1-2H3. The normalized spacial score (nSPS) is 22.9. The van der Waals surface area contributed by atoms with E-state index in [1.165, 1.54) is 0 Å². The molecule has 0 aromatic heterocycles. The molecule has 1 heterocycles. The van der Waals surface area contributed by atoms with E-state index < -0.39 is 10.8 Å². The van der Waals surface area contributed by atoms with Gasteiger partial charge in [0.1, 0.15) is 0 Å². The van der Waals surface area contributed by atoms with Gasteiger partial charge in [-0.2, -0.15) is 4.31 Å². The van der Waals surface area contributed by atoms with Gasteiger partial charge in [0.05, 0.1) is 11.5 Å². The van der Waals surface area contributed by atoms with Gasteiger partial charge in [0.25, 0.3) is 0 Å². The molecule has 1 unspecified atom stereocenters. The zero-order valence-electron chi connectivity index (χ0n) is 12.1. The quantitative estimate of drug-likeness (QED) is 0.794. The fourth-order valence-electron chi connectivity index (χ4n) is 2.52. The first-order valence-electron chi connectivity index (χ1n) is 6.90. The van der Waals surface area contributed by atoms with Gasteiger partial charge >= 0.3 is 0 Å². The molecule has 3 N–H and O–H groups in total.